The minimum absolute atomic E-state index is 0.168. The Kier molecular flexibility index (Phi) is 7.21. The molecule has 0 aromatic rings. The van der Waals surface area contributed by atoms with E-state index in [1.54, 1.807) is 0 Å². The van der Waals surface area contributed by atoms with Crippen LogP contribution in [0, 0.1) is 5.92 Å². The molecule has 1 aliphatic rings. The van der Waals surface area contributed by atoms with Gasteiger partial charge in [-0.2, -0.15) is 0 Å². The maximum absolute atomic E-state index is 11.6. The molecular weight excluding hydrogens is 216 g/mol. The van der Waals surface area contributed by atoms with Crippen molar-refractivity contribution in [1.82, 2.24) is 10.6 Å². The van der Waals surface area contributed by atoms with Crippen LogP contribution in [0.4, 0.5) is 0 Å². The Morgan fingerprint density at radius 1 is 1.47 bits per heavy atom. The van der Waals surface area contributed by atoms with Gasteiger partial charge in [0.25, 0.3) is 0 Å². The molecule has 4 nitrogen and oxygen atoms in total. The Hall–Kier alpha value is -0.610. The largest absolute Gasteiger partial charge is 0.381 e. The lowest BCUT2D eigenvalue weighted by Crippen LogP contribution is -2.33. The van der Waals surface area contributed by atoms with Crippen molar-refractivity contribution in [3.8, 4) is 0 Å². The molecule has 1 saturated heterocycles. The average molecular weight is 242 g/mol. The van der Waals surface area contributed by atoms with Crippen molar-refractivity contribution in [3.05, 3.63) is 0 Å². The summed E-state index contributed by atoms with van der Waals surface area (Å²) in [6, 6.07) is 0.498. The molecule has 1 atom stereocenters. The van der Waals surface area contributed by atoms with E-state index in [0.717, 1.165) is 39.1 Å². The van der Waals surface area contributed by atoms with Crippen LogP contribution in [0.25, 0.3) is 0 Å². The summed E-state index contributed by atoms with van der Waals surface area (Å²) in [5, 5.41) is 6.30. The summed E-state index contributed by atoms with van der Waals surface area (Å²) >= 11 is 0. The molecule has 4 heteroatoms. The Morgan fingerprint density at radius 2 is 2.29 bits per heavy atom. The highest BCUT2D eigenvalue weighted by molar-refractivity contribution is 5.75. The van der Waals surface area contributed by atoms with Crippen LogP contribution in [-0.2, 0) is 9.53 Å². The number of carbonyl (C=O) groups is 1. The first-order chi connectivity index (χ1) is 8.18. The second kappa shape index (κ2) is 8.48. The molecule has 1 rings (SSSR count). The zero-order valence-corrected chi connectivity index (χ0v) is 11.1. The minimum atomic E-state index is 0.168. The number of amides is 1. The summed E-state index contributed by atoms with van der Waals surface area (Å²) in [5.74, 6) is 0.683. The highest BCUT2D eigenvalue weighted by Crippen LogP contribution is 2.12. The lowest BCUT2D eigenvalue weighted by atomic mass is 10.0. The van der Waals surface area contributed by atoms with Crippen LogP contribution in [0.15, 0.2) is 0 Å². The smallest absolute Gasteiger partial charge is 0.220 e. The fourth-order valence-corrected chi connectivity index (χ4v) is 1.95. The summed E-state index contributed by atoms with van der Waals surface area (Å²) in [4.78, 5) is 11.6. The number of hydrogen-bond acceptors (Lipinski definition) is 3. The van der Waals surface area contributed by atoms with E-state index in [2.05, 4.69) is 24.5 Å². The van der Waals surface area contributed by atoms with Crippen LogP contribution in [0.2, 0.25) is 0 Å². The van der Waals surface area contributed by atoms with E-state index in [0.29, 0.717) is 18.4 Å². The van der Waals surface area contributed by atoms with Crippen LogP contribution >= 0.6 is 0 Å². The van der Waals surface area contributed by atoms with E-state index in [1.807, 2.05) is 0 Å². The maximum atomic E-state index is 11.6. The van der Waals surface area contributed by atoms with Gasteiger partial charge in [-0.3, -0.25) is 4.79 Å². The van der Waals surface area contributed by atoms with Crippen molar-refractivity contribution in [2.75, 3.05) is 26.3 Å². The summed E-state index contributed by atoms with van der Waals surface area (Å²) in [6.45, 7) is 7.60. The van der Waals surface area contributed by atoms with Crippen molar-refractivity contribution in [2.24, 2.45) is 5.92 Å². The van der Waals surface area contributed by atoms with Crippen molar-refractivity contribution < 1.29 is 9.53 Å². The number of hydrogen-bond donors (Lipinski definition) is 2. The van der Waals surface area contributed by atoms with Gasteiger partial charge in [-0.25, -0.2) is 0 Å². The van der Waals surface area contributed by atoms with Crippen molar-refractivity contribution in [3.63, 3.8) is 0 Å². The summed E-state index contributed by atoms with van der Waals surface area (Å²) < 4.78 is 5.38. The number of carbonyl (C=O) groups excluding carboxylic acids is 1. The van der Waals surface area contributed by atoms with E-state index < -0.39 is 0 Å². The third-order valence-corrected chi connectivity index (χ3v) is 2.98. The lowest BCUT2D eigenvalue weighted by molar-refractivity contribution is -0.121. The quantitative estimate of drug-likeness (QED) is 0.662. The molecule has 1 heterocycles. The van der Waals surface area contributed by atoms with Crippen molar-refractivity contribution >= 4 is 5.91 Å². The van der Waals surface area contributed by atoms with Gasteiger partial charge in [0, 0.05) is 25.6 Å². The van der Waals surface area contributed by atoms with Gasteiger partial charge in [0.15, 0.2) is 0 Å². The fraction of sp³-hybridized carbons (Fsp3) is 0.923. The monoisotopic (exact) mass is 242 g/mol. The van der Waals surface area contributed by atoms with Gasteiger partial charge in [-0.05, 0) is 31.7 Å². The minimum Gasteiger partial charge on any atom is -0.381 e. The van der Waals surface area contributed by atoms with Crippen molar-refractivity contribution in [1.29, 1.82) is 0 Å². The van der Waals surface area contributed by atoms with Gasteiger partial charge >= 0.3 is 0 Å². The summed E-state index contributed by atoms with van der Waals surface area (Å²) in [6.07, 6.45) is 3.83. The molecule has 1 amide bonds. The van der Waals surface area contributed by atoms with Gasteiger partial charge in [-0.1, -0.05) is 13.8 Å². The summed E-state index contributed by atoms with van der Waals surface area (Å²) in [7, 11) is 0. The second-order valence-electron chi connectivity index (χ2n) is 5.10. The Labute approximate surface area is 104 Å². The third-order valence-electron chi connectivity index (χ3n) is 2.98. The predicted molar refractivity (Wildman–Crippen MR) is 68.9 cm³/mol. The molecule has 100 valence electrons. The Bertz CT molecular complexity index is 213. The predicted octanol–water partition coefficient (Wildman–Crippen LogP) is 1.31. The number of nitrogens with one attached hydrogen (secondary N) is 2. The van der Waals surface area contributed by atoms with Gasteiger partial charge in [0.2, 0.25) is 5.91 Å². The molecule has 0 saturated carbocycles. The third kappa shape index (κ3) is 7.34. The zero-order chi connectivity index (χ0) is 12.5. The molecule has 0 aromatic heterocycles. The summed E-state index contributed by atoms with van der Waals surface area (Å²) in [5.41, 5.74) is 0. The van der Waals surface area contributed by atoms with Crippen molar-refractivity contribution in [2.45, 2.75) is 45.6 Å². The topological polar surface area (TPSA) is 50.4 Å². The molecule has 0 spiro atoms. The highest BCUT2D eigenvalue weighted by Gasteiger charge is 2.14. The van der Waals surface area contributed by atoms with Gasteiger partial charge < -0.3 is 15.4 Å². The van der Waals surface area contributed by atoms with Gasteiger partial charge in [0.05, 0.1) is 6.61 Å². The van der Waals surface area contributed by atoms with E-state index in [9.17, 15) is 4.79 Å². The maximum Gasteiger partial charge on any atom is 0.220 e. The fourth-order valence-electron chi connectivity index (χ4n) is 1.95. The second-order valence-corrected chi connectivity index (χ2v) is 5.10. The van der Waals surface area contributed by atoms with Crippen LogP contribution in [0.5, 0.6) is 0 Å². The van der Waals surface area contributed by atoms with Crippen LogP contribution < -0.4 is 10.6 Å². The highest BCUT2D eigenvalue weighted by atomic mass is 16.5. The first-order valence-corrected chi connectivity index (χ1v) is 6.76. The SMILES string of the molecule is CC(C)NCCCC(=O)NCC1CCCOC1. The first-order valence-electron chi connectivity index (χ1n) is 6.76. The van der Waals surface area contributed by atoms with Gasteiger partial charge in [-0.15, -0.1) is 0 Å². The number of rotatable bonds is 7. The zero-order valence-electron chi connectivity index (χ0n) is 11.1. The Morgan fingerprint density at radius 3 is 2.94 bits per heavy atom. The molecule has 0 aliphatic carbocycles. The molecule has 0 aromatic carbocycles. The molecule has 17 heavy (non-hydrogen) atoms. The van der Waals surface area contributed by atoms with Crippen LogP contribution in [-0.4, -0.2) is 38.3 Å². The Balaban J connectivity index is 1.96. The van der Waals surface area contributed by atoms with Gasteiger partial charge in [0.1, 0.15) is 0 Å². The van der Waals surface area contributed by atoms with Crippen LogP contribution in [0.3, 0.4) is 0 Å². The molecular formula is C13H26N2O2. The molecule has 0 bridgehead atoms. The first kappa shape index (κ1) is 14.5. The van der Waals surface area contributed by atoms with E-state index in [1.165, 1.54) is 6.42 Å². The molecule has 1 unspecified atom stereocenters. The molecule has 1 fully saturated rings. The van der Waals surface area contributed by atoms with E-state index in [-0.39, 0.29) is 5.91 Å². The van der Waals surface area contributed by atoms with E-state index >= 15 is 0 Å². The normalized spacial score (nSPS) is 20.5. The van der Waals surface area contributed by atoms with E-state index in [4.69, 9.17) is 4.74 Å². The van der Waals surface area contributed by atoms with Crippen LogP contribution in [0.1, 0.15) is 39.5 Å². The molecule has 2 N–H and O–H groups in total. The number of ether oxygens (including phenoxy) is 1. The lowest BCUT2D eigenvalue weighted by Gasteiger charge is -2.22. The standard InChI is InChI=1S/C13H26N2O2/c1-11(2)14-7-3-6-13(16)15-9-12-5-4-8-17-10-12/h11-12,14H,3-10H2,1-2H3,(H,15,16). The molecule has 0 radical (unpaired) electrons. The molecule has 1 aliphatic heterocycles. The average Bonchev–Trinajstić information content (AvgIpc) is 2.33.